The first-order valence-electron chi connectivity index (χ1n) is 19.2. The van der Waals surface area contributed by atoms with Crippen LogP contribution in [0, 0.1) is 0 Å². The molecule has 0 aliphatic carbocycles. The topological polar surface area (TPSA) is 6.48 Å². The number of para-hydroxylation sites is 2. The number of fused-ring (bicyclic) bond motifs is 11. The van der Waals surface area contributed by atoms with E-state index in [0.29, 0.717) is 0 Å². The molecule has 0 N–H and O–H groups in total. The van der Waals surface area contributed by atoms with Crippen molar-refractivity contribution in [3.05, 3.63) is 194 Å². The van der Waals surface area contributed by atoms with Gasteiger partial charge in [-0.15, -0.1) is 34.0 Å². The molecule has 0 radical (unpaired) electrons. The predicted octanol–water partition coefficient (Wildman–Crippen LogP) is 16.9. The second-order valence-electron chi connectivity index (χ2n) is 14.5. The summed E-state index contributed by atoms with van der Waals surface area (Å²) >= 11 is 5.62. The average molecular weight is 781 g/mol. The van der Waals surface area contributed by atoms with E-state index in [2.05, 4.69) is 204 Å². The normalized spacial score (nSPS) is 11.9. The minimum atomic E-state index is 1.14. The van der Waals surface area contributed by atoms with Crippen LogP contribution in [-0.2, 0) is 0 Å². The second-order valence-corrected chi connectivity index (χ2v) is 17.7. The molecular weight excluding hydrogens is 749 g/mol. The molecule has 0 aliphatic rings. The van der Waals surface area contributed by atoms with E-state index in [9.17, 15) is 0 Å². The van der Waals surface area contributed by atoms with Gasteiger partial charge in [-0.3, -0.25) is 0 Å². The number of benzene rings is 9. The fourth-order valence-corrected chi connectivity index (χ4v) is 12.1. The van der Waals surface area contributed by atoms with E-state index in [-0.39, 0.29) is 0 Å². The lowest BCUT2D eigenvalue weighted by atomic mass is 10.0. The highest BCUT2D eigenvalue weighted by Crippen LogP contribution is 2.49. The molecule has 0 bridgehead atoms. The van der Waals surface area contributed by atoms with Crippen LogP contribution in [0.2, 0.25) is 0 Å². The summed E-state index contributed by atoms with van der Waals surface area (Å²) in [6.07, 6.45) is 0. The maximum Gasteiger partial charge on any atom is 0.0547 e. The molecular formula is C52H32N2S3. The van der Waals surface area contributed by atoms with Crippen molar-refractivity contribution in [1.82, 2.24) is 0 Å². The Morgan fingerprint density at radius 3 is 1.33 bits per heavy atom. The molecule has 57 heavy (non-hydrogen) atoms. The summed E-state index contributed by atoms with van der Waals surface area (Å²) in [7, 11) is 0. The van der Waals surface area contributed by atoms with Gasteiger partial charge >= 0.3 is 0 Å². The minimum absolute atomic E-state index is 1.14. The number of nitrogens with zero attached hydrogens (tertiary/aromatic N) is 2. The molecule has 0 fully saturated rings. The van der Waals surface area contributed by atoms with Gasteiger partial charge in [0.15, 0.2) is 0 Å². The molecule has 3 heterocycles. The Labute approximate surface area is 341 Å². The summed E-state index contributed by atoms with van der Waals surface area (Å²) < 4.78 is 7.83. The summed E-state index contributed by atoms with van der Waals surface area (Å²) in [5.41, 5.74) is 6.90. The lowest BCUT2D eigenvalue weighted by molar-refractivity contribution is 1.30. The molecule has 3 aromatic heterocycles. The van der Waals surface area contributed by atoms with Crippen LogP contribution in [0.5, 0.6) is 0 Å². The highest BCUT2D eigenvalue weighted by Gasteiger charge is 2.22. The van der Waals surface area contributed by atoms with Crippen LogP contribution < -0.4 is 9.80 Å². The maximum atomic E-state index is 2.45. The van der Waals surface area contributed by atoms with Gasteiger partial charge in [0.05, 0.1) is 5.69 Å². The molecule has 2 nitrogen and oxygen atoms in total. The zero-order chi connectivity index (χ0) is 37.5. The van der Waals surface area contributed by atoms with E-state index in [1.807, 2.05) is 34.0 Å². The molecule has 0 saturated heterocycles. The van der Waals surface area contributed by atoms with Crippen molar-refractivity contribution < 1.29 is 0 Å². The quantitative estimate of drug-likeness (QED) is 0.166. The lowest BCUT2D eigenvalue weighted by Gasteiger charge is -2.27. The van der Waals surface area contributed by atoms with Gasteiger partial charge in [-0.05, 0) is 91.0 Å². The van der Waals surface area contributed by atoms with Crippen molar-refractivity contribution in [2.24, 2.45) is 0 Å². The van der Waals surface area contributed by atoms with Crippen LogP contribution in [0.15, 0.2) is 194 Å². The van der Waals surface area contributed by atoms with Crippen LogP contribution in [0.25, 0.3) is 71.3 Å². The van der Waals surface area contributed by atoms with Gasteiger partial charge < -0.3 is 9.80 Å². The van der Waals surface area contributed by atoms with Crippen molar-refractivity contribution >= 4 is 139 Å². The Kier molecular flexibility index (Phi) is 7.48. The Balaban J connectivity index is 1.06. The monoisotopic (exact) mass is 780 g/mol. The van der Waals surface area contributed by atoms with E-state index in [4.69, 9.17) is 0 Å². The van der Waals surface area contributed by atoms with Crippen molar-refractivity contribution in [1.29, 1.82) is 0 Å². The Hall–Kier alpha value is -6.50. The van der Waals surface area contributed by atoms with Gasteiger partial charge in [-0.25, -0.2) is 0 Å². The molecule has 9 aromatic carbocycles. The van der Waals surface area contributed by atoms with E-state index < -0.39 is 0 Å². The highest BCUT2D eigenvalue weighted by atomic mass is 32.1. The summed E-state index contributed by atoms with van der Waals surface area (Å²) in [5, 5.41) is 10.3. The zero-order valence-corrected chi connectivity index (χ0v) is 33.0. The van der Waals surface area contributed by atoms with Crippen LogP contribution in [0.3, 0.4) is 0 Å². The van der Waals surface area contributed by atoms with Crippen LogP contribution in [0.1, 0.15) is 0 Å². The van der Waals surface area contributed by atoms with Crippen molar-refractivity contribution in [2.75, 3.05) is 9.80 Å². The first kappa shape index (κ1) is 32.7. The van der Waals surface area contributed by atoms with Gasteiger partial charge in [0, 0.05) is 99.7 Å². The minimum Gasteiger partial charge on any atom is -0.310 e. The van der Waals surface area contributed by atoms with Crippen molar-refractivity contribution in [3.8, 4) is 0 Å². The fourth-order valence-electron chi connectivity index (χ4n) is 8.63. The molecule has 12 aromatic rings. The summed E-state index contributed by atoms with van der Waals surface area (Å²) in [4.78, 5) is 4.85. The third-order valence-corrected chi connectivity index (χ3v) is 14.7. The van der Waals surface area contributed by atoms with Crippen LogP contribution in [-0.4, -0.2) is 0 Å². The summed E-state index contributed by atoms with van der Waals surface area (Å²) in [6.45, 7) is 0. The average Bonchev–Trinajstić information content (AvgIpc) is 3.96. The predicted molar refractivity (Wildman–Crippen MR) is 252 cm³/mol. The standard InChI is InChI=1S/C52H32N2S3/c1-3-13-33(14-4-1)53(35-24-27-49-43(29-35)39-18-9-11-21-47(39)55-49)37-23-26-41-45-32-46(38-17-7-8-20-42(38)52(45)57-51(41)31-37)54(34-15-5-2-6-16-34)36-25-28-50-44(30-36)40-19-10-12-22-48(40)56-50/h1-32H. The van der Waals surface area contributed by atoms with Gasteiger partial charge in [-0.1, -0.05) is 103 Å². The molecule has 12 rings (SSSR count). The van der Waals surface area contributed by atoms with E-state index in [0.717, 1.165) is 28.4 Å². The third-order valence-electron chi connectivity index (χ3n) is 11.2. The number of hydrogen-bond donors (Lipinski definition) is 0. The summed E-state index contributed by atoms with van der Waals surface area (Å²) in [6, 6.07) is 71.4. The van der Waals surface area contributed by atoms with E-state index in [1.54, 1.807) is 0 Å². The van der Waals surface area contributed by atoms with Gasteiger partial charge in [-0.2, -0.15) is 0 Å². The molecule has 0 spiro atoms. The molecule has 0 atom stereocenters. The van der Waals surface area contributed by atoms with Crippen LogP contribution >= 0.6 is 34.0 Å². The molecule has 0 aliphatic heterocycles. The number of rotatable bonds is 6. The molecule has 268 valence electrons. The molecule has 0 saturated carbocycles. The molecule has 0 unspecified atom stereocenters. The first-order valence-corrected chi connectivity index (χ1v) is 21.6. The fraction of sp³-hybridized carbons (Fsp3) is 0. The Morgan fingerprint density at radius 1 is 0.246 bits per heavy atom. The number of thiophene rings is 3. The lowest BCUT2D eigenvalue weighted by Crippen LogP contribution is -2.10. The summed E-state index contributed by atoms with van der Waals surface area (Å²) in [5.74, 6) is 0. The van der Waals surface area contributed by atoms with Crippen LogP contribution in [0.4, 0.5) is 34.1 Å². The Bertz CT molecular complexity index is 3490. The molecule has 5 heteroatoms. The molecule has 0 amide bonds. The third kappa shape index (κ3) is 5.28. The van der Waals surface area contributed by atoms with E-state index >= 15 is 0 Å². The van der Waals surface area contributed by atoms with E-state index in [1.165, 1.54) is 77.0 Å². The first-order chi connectivity index (χ1) is 28.2. The van der Waals surface area contributed by atoms with Crippen molar-refractivity contribution in [2.45, 2.75) is 0 Å². The van der Waals surface area contributed by atoms with Gasteiger partial charge in [0.1, 0.15) is 0 Å². The SMILES string of the molecule is c1ccc(N(c2ccc3c(c2)sc2c4ccccc4c(N(c4ccccc4)c4ccc5sc6ccccc6c5c4)cc32)c2ccc3sc4ccccc4c3c2)cc1. The number of hydrogen-bond acceptors (Lipinski definition) is 5. The largest absolute Gasteiger partial charge is 0.310 e. The van der Waals surface area contributed by atoms with Gasteiger partial charge in [0.2, 0.25) is 0 Å². The van der Waals surface area contributed by atoms with Gasteiger partial charge in [0.25, 0.3) is 0 Å². The Morgan fingerprint density at radius 2 is 0.702 bits per heavy atom. The zero-order valence-electron chi connectivity index (χ0n) is 30.6. The smallest absolute Gasteiger partial charge is 0.0547 e. The number of anilines is 6. The maximum absolute atomic E-state index is 2.45. The highest BCUT2D eigenvalue weighted by molar-refractivity contribution is 7.27. The van der Waals surface area contributed by atoms with Crippen molar-refractivity contribution in [3.63, 3.8) is 0 Å². The second kappa shape index (κ2) is 13.0.